The van der Waals surface area contributed by atoms with Crippen molar-refractivity contribution in [3.63, 3.8) is 0 Å². The van der Waals surface area contributed by atoms with Crippen molar-refractivity contribution in [3.05, 3.63) is 11.1 Å². The molecule has 5 nitrogen and oxygen atoms in total. The number of hydrogen-bond donors (Lipinski definition) is 1. The van der Waals surface area contributed by atoms with Gasteiger partial charge in [-0.25, -0.2) is 4.98 Å². The predicted molar refractivity (Wildman–Crippen MR) is 59.7 cm³/mol. The highest BCUT2D eigenvalue weighted by atomic mass is 32.1. The van der Waals surface area contributed by atoms with Gasteiger partial charge in [0.05, 0.1) is 19.3 Å². The fourth-order valence-electron chi connectivity index (χ4n) is 1.14. The molecule has 1 heterocycles. The van der Waals surface area contributed by atoms with Crippen molar-refractivity contribution in [1.82, 2.24) is 10.5 Å². The Morgan fingerprint density at radius 3 is 3.00 bits per heavy atom. The van der Waals surface area contributed by atoms with Crippen molar-refractivity contribution in [3.8, 4) is 0 Å². The molecule has 0 aliphatic rings. The van der Waals surface area contributed by atoms with Crippen molar-refractivity contribution in [2.75, 3.05) is 18.6 Å². The van der Waals surface area contributed by atoms with Crippen LogP contribution in [0.15, 0.2) is 5.38 Å². The summed E-state index contributed by atoms with van der Waals surface area (Å²) in [6, 6.07) is 0. The third-order valence-corrected chi connectivity index (χ3v) is 2.78. The van der Waals surface area contributed by atoms with Gasteiger partial charge >= 0.3 is 0 Å². The molecular formula is C9H15N3O2S. The van der Waals surface area contributed by atoms with Gasteiger partial charge < -0.3 is 4.84 Å². The number of thiazole rings is 1. The summed E-state index contributed by atoms with van der Waals surface area (Å²) in [6.45, 7) is 4.65. The Morgan fingerprint density at radius 1 is 1.73 bits per heavy atom. The zero-order chi connectivity index (χ0) is 11.3. The number of rotatable bonds is 5. The van der Waals surface area contributed by atoms with Crippen molar-refractivity contribution >= 4 is 22.4 Å². The highest BCUT2D eigenvalue weighted by Crippen LogP contribution is 2.20. The predicted octanol–water partition coefficient (Wildman–Crippen LogP) is 1.17. The van der Waals surface area contributed by atoms with Gasteiger partial charge in [0.15, 0.2) is 5.13 Å². The maximum absolute atomic E-state index is 11.3. The molecule has 0 radical (unpaired) electrons. The molecule has 0 fully saturated rings. The van der Waals surface area contributed by atoms with Gasteiger partial charge in [-0.15, -0.1) is 11.3 Å². The van der Waals surface area contributed by atoms with Crippen LogP contribution in [0.25, 0.3) is 0 Å². The van der Waals surface area contributed by atoms with Crippen LogP contribution in [0.1, 0.15) is 19.5 Å². The largest absolute Gasteiger partial charge is 0.305 e. The molecule has 0 bridgehead atoms. The lowest BCUT2D eigenvalue weighted by Crippen LogP contribution is -2.27. The molecule has 0 aliphatic carbocycles. The quantitative estimate of drug-likeness (QED) is 0.770. The van der Waals surface area contributed by atoms with Gasteiger partial charge in [0, 0.05) is 18.8 Å². The van der Waals surface area contributed by atoms with Crippen LogP contribution in [0.3, 0.4) is 0 Å². The van der Waals surface area contributed by atoms with Gasteiger partial charge in [0.1, 0.15) is 0 Å². The molecule has 1 aromatic heterocycles. The third-order valence-electron chi connectivity index (χ3n) is 1.86. The summed E-state index contributed by atoms with van der Waals surface area (Å²) in [6.07, 6.45) is 0. The topological polar surface area (TPSA) is 54.5 Å². The molecule has 0 atom stereocenters. The van der Waals surface area contributed by atoms with Gasteiger partial charge in [-0.2, -0.15) is 5.48 Å². The van der Waals surface area contributed by atoms with E-state index >= 15 is 0 Å². The average molecular weight is 229 g/mol. The van der Waals surface area contributed by atoms with Crippen LogP contribution in [-0.4, -0.2) is 24.5 Å². The summed E-state index contributed by atoms with van der Waals surface area (Å²) >= 11 is 1.46. The number of hydroxylamine groups is 1. The van der Waals surface area contributed by atoms with E-state index in [0.29, 0.717) is 13.1 Å². The van der Waals surface area contributed by atoms with Crippen molar-refractivity contribution in [2.24, 2.45) is 0 Å². The number of aromatic nitrogens is 1. The molecule has 6 heteroatoms. The second-order valence-corrected chi connectivity index (χ2v) is 3.75. The molecule has 1 amide bonds. The minimum atomic E-state index is 0.0121. The molecule has 0 aliphatic heterocycles. The first-order chi connectivity index (χ1) is 7.19. The average Bonchev–Trinajstić information content (AvgIpc) is 2.64. The smallest absolute Gasteiger partial charge is 0.225 e. The molecule has 15 heavy (non-hydrogen) atoms. The van der Waals surface area contributed by atoms with Crippen LogP contribution in [0, 0.1) is 0 Å². The number of carbonyl (C=O) groups excluding carboxylic acids is 1. The van der Waals surface area contributed by atoms with Crippen LogP contribution in [0.5, 0.6) is 0 Å². The summed E-state index contributed by atoms with van der Waals surface area (Å²) in [7, 11) is 1.56. The Morgan fingerprint density at radius 2 is 2.47 bits per heavy atom. The van der Waals surface area contributed by atoms with E-state index in [1.807, 2.05) is 12.3 Å². The highest BCUT2D eigenvalue weighted by molar-refractivity contribution is 7.14. The van der Waals surface area contributed by atoms with Crippen LogP contribution in [0.4, 0.5) is 5.13 Å². The fraction of sp³-hybridized carbons (Fsp3) is 0.556. The fourth-order valence-corrected chi connectivity index (χ4v) is 2.07. The van der Waals surface area contributed by atoms with Gasteiger partial charge in [0.2, 0.25) is 5.91 Å². The first-order valence-corrected chi connectivity index (χ1v) is 5.55. The van der Waals surface area contributed by atoms with E-state index in [1.165, 1.54) is 18.3 Å². The molecule has 84 valence electrons. The zero-order valence-electron chi connectivity index (χ0n) is 9.11. The van der Waals surface area contributed by atoms with Gasteiger partial charge in [-0.3, -0.25) is 9.69 Å². The third kappa shape index (κ3) is 3.26. The van der Waals surface area contributed by atoms with Crippen molar-refractivity contribution < 1.29 is 9.63 Å². The summed E-state index contributed by atoms with van der Waals surface area (Å²) in [5.74, 6) is 0.0121. The first kappa shape index (κ1) is 12.1. The molecule has 0 saturated heterocycles. The summed E-state index contributed by atoms with van der Waals surface area (Å²) in [5.41, 5.74) is 3.58. The van der Waals surface area contributed by atoms with Crippen molar-refractivity contribution in [2.45, 2.75) is 20.4 Å². The SMILES string of the molecule is CCN(C(C)=O)c1nc(CNOC)cs1. The Labute approximate surface area is 93.0 Å². The van der Waals surface area contributed by atoms with E-state index in [9.17, 15) is 4.79 Å². The standard InChI is InChI=1S/C9H15N3O2S/c1-4-12(7(2)13)9-11-8(6-15-9)5-10-14-3/h6,10H,4-5H2,1-3H3. The number of anilines is 1. The van der Waals surface area contributed by atoms with Gasteiger partial charge in [-0.1, -0.05) is 0 Å². The number of carbonyl (C=O) groups is 1. The molecule has 0 spiro atoms. The molecule has 0 unspecified atom stereocenters. The summed E-state index contributed by atoms with van der Waals surface area (Å²) in [4.78, 5) is 21.9. The summed E-state index contributed by atoms with van der Waals surface area (Å²) < 4.78 is 0. The Bertz CT molecular complexity index is 327. The maximum Gasteiger partial charge on any atom is 0.225 e. The van der Waals surface area contributed by atoms with E-state index < -0.39 is 0 Å². The van der Waals surface area contributed by atoms with Crippen LogP contribution < -0.4 is 10.4 Å². The van der Waals surface area contributed by atoms with Crippen LogP contribution >= 0.6 is 11.3 Å². The minimum absolute atomic E-state index is 0.0121. The number of nitrogens with one attached hydrogen (secondary N) is 1. The van der Waals surface area contributed by atoms with E-state index in [-0.39, 0.29) is 5.91 Å². The molecule has 0 aromatic carbocycles. The molecular weight excluding hydrogens is 214 g/mol. The van der Waals surface area contributed by atoms with Crippen LogP contribution in [0.2, 0.25) is 0 Å². The second kappa shape index (κ2) is 5.79. The monoisotopic (exact) mass is 229 g/mol. The second-order valence-electron chi connectivity index (χ2n) is 2.91. The molecule has 1 N–H and O–H groups in total. The highest BCUT2D eigenvalue weighted by Gasteiger charge is 2.12. The van der Waals surface area contributed by atoms with E-state index in [1.54, 1.807) is 12.0 Å². The van der Waals surface area contributed by atoms with Gasteiger partial charge in [0.25, 0.3) is 0 Å². The molecule has 1 rings (SSSR count). The van der Waals surface area contributed by atoms with E-state index in [4.69, 9.17) is 4.84 Å². The van der Waals surface area contributed by atoms with Gasteiger partial charge in [-0.05, 0) is 6.92 Å². The minimum Gasteiger partial charge on any atom is -0.305 e. The lowest BCUT2D eigenvalue weighted by Gasteiger charge is -2.14. The lowest BCUT2D eigenvalue weighted by molar-refractivity contribution is -0.116. The maximum atomic E-state index is 11.3. The van der Waals surface area contributed by atoms with E-state index in [2.05, 4.69) is 10.5 Å². The Hall–Kier alpha value is -0.980. The molecule has 1 aromatic rings. The number of amides is 1. The normalized spacial score (nSPS) is 10.3. The van der Waals surface area contributed by atoms with Crippen LogP contribution in [-0.2, 0) is 16.2 Å². The summed E-state index contributed by atoms with van der Waals surface area (Å²) in [5, 5.41) is 2.64. The first-order valence-electron chi connectivity index (χ1n) is 4.67. The lowest BCUT2D eigenvalue weighted by atomic mass is 10.5. The Balaban J connectivity index is 2.69. The zero-order valence-corrected chi connectivity index (χ0v) is 9.93. The Kier molecular flexibility index (Phi) is 4.67. The number of nitrogens with zero attached hydrogens (tertiary/aromatic N) is 2. The van der Waals surface area contributed by atoms with Crippen molar-refractivity contribution in [1.29, 1.82) is 0 Å². The number of hydrogen-bond acceptors (Lipinski definition) is 5. The van der Waals surface area contributed by atoms with E-state index in [0.717, 1.165) is 10.8 Å². The molecule has 0 saturated carbocycles.